The Hall–Kier alpha value is -2.66. The first kappa shape index (κ1) is 18.4. The zero-order valence-corrected chi connectivity index (χ0v) is 16.8. The van der Waals surface area contributed by atoms with Gasteiger partial charge < -0.3 is 19.8 Å². The van der Waals surface area contributed by atoms with Crippen LogP contribution in [-0.4, -0.2) is 24.1 Å². The van der Waals surface area contributed by atoms with Crippen molar-refractivity contribution in [3.05, 3.63) is 58.2 Å². The molecule has 1 aromatic heterocycles. The van der Waals surface area contributed by atoms with E-state index in [0.717, 1.165) is 59.3 Å². The van der Waals surface area contributed by atoms with E-state index in [9.17, 15) is 4.79 Å². The summed E-state index contributed by atoms with van der Waals surface area (Å²) in [7, 11) is 0. The molecule has 2 N–H and O–H groups in total. The largest absolute Gasteiger partial charge is 0.490 e. The summed E-state index contributed by atoms with van der Waals surface area (Å²) >= 11 is 6.37. The van der Waals surface area contributed by atoms with Crippen molar-refractivity contribution >= 4 is 28.4 Å². The van der Waals surface area contributed by atoms with Crippen molar-refractivity contribution < 1.29 is 14.3 Å². The summed E-state index contributed by atoms with van der Waals surface area (Å²) in [5.41, 5.74) is 4.24. The van der Waals surface area contributed by atoms with Gasteiger partial charge in [0.1, 0.15) is 0 Å². The third kappa shape index (κ3) is 3.55. The number of carbonyl (C=O) groups excluding carboxylic acids is 1. The number of carbonyl (C=O) groups is 1. The molecule has 1 aliphatic carbocycles. The van der Waals surface area contributed by atoms with E-state index in [4.69, 9.17) is 21.1 Å². The van der Waals surface area contributed by atoms with Gasteiger partial charge in [-0.1, -0.05) is 29.8 Å². The van der Waals surface area contributed by atoms with E-state index in [2.05, 4.69) is 16.4 Å². The number of H-pyrrole nitrogens is 1. The second kappa shape index (κ2) is 7.64. The lowest BCUT2D eigenvalue weighted by Gasteiger charge is -2.24. The van der Waals surface area contributed by atoms with Crippen molar-refractivity contribution in [3.63, 3.8) is 0 Å². The predicted octanol–water partition coefficient (Wildman–Crippen LogP) is 4.72. The normalized spacial score (nSPS) is 18.2. The van der Waals surface area contributed by atoms with Crippen LogP contribution >= 0.6 is 11.6 Å². The highest BCUT2D eigenvalue weighted by molar-refractivity contribution is 6.35. The summed E-state index contributed by atoms with van der Waals surface area (Å²) in [6.07, 6.45) is 4.14. The highest BCUT2D eigenvalue weighted by Crippen LogP contribution is 2.37. The van der Waals surface area contributed by atoms with E-state index in [1.165, 1.54) is 5.56 Å². The van der Waals surface area contributed by atoms with E-state index in [0.29, 0.717) is 24.7 Å². The molecule has 29 heavy (non-hydrogen) atoms. The van der Waals surface area contributed by atoms with E-state index >= 15 is 0 Å². The molecular weight excluding hydrogens is 388 g/mol. The van der Waals surface area contributed by atoms with Gasteiger partial charge in [-0.2, -0.15) is 0 Å². The highest BCUT2D eigenvalue weighted by atomic mass is 35.5. The summed E-state index contributed by atoms with van der Waals surface area (Å²) in [4.78, 5) is 16.3. The fourth-order valence-electron chi connectivity index (χ4n) is 4.34. The van der Waals surface area contributed by atoms with E-state index < -0.39 is 0 Å². The number of hydrogen-bond acceptors (Lipinski definition) is 3. The maximum atomic E-state index is 12.8. The number of para-hydroxylation sites is 1. The van der Waals surface area contributed by atoms with Crippen molar-refractivity contribution in [2.75, 3.05) is 13.2 Å². The third-order valence-corrected chi connectivity index (χ3v) is 6.02. The molecule has 150 valence electrons. The van der Waals surface area contributed by atoms with Gasteiger partial charge >= 0.3 is 0 Å². The van der Waals surface area contributed by atoms with Crippen LogP contribution in [0.4, 0.5) is 0 Å². The molecule has 0 bridgehead atoms. The number of aryl methyl sites for hydroxylation is 1. The van der Waals surface area contributed by atoms with E-state index in [-0.39, 0.29) is 11.9 Å². The molecule has 6 heteroatoms. The number of aromatic nitrogens is 1. The first-order valence-corrected chi connectivity index (χ1v) is 10.5. The quantitative estimate of drug-likeness (QED) is 0.656. The van der Waals surface area contributed by atoms with Gasteiger partial charge in [0.2, 0.25) is 5.91 Å². The Morgan fingerprint density at radius 3 is 2.90 bits per heavy atom. The Morgan fingerprint density at radius 2 is 2.00 bits per heavy atom. The lowest BCUT2D eigenvalue weighted by molar-refractivity contribution is -0.121. The van der Waals surface area contributed by atoms with Crippen LogP contribution in [-0.2, 0) is 17.6 Å². The molecule has 0 saturated carbocycles. The minimum Gasteiger partial charge on any atom is -0.490 e. The van der Waals surface area contributed by atoms with Crippen LogP contribution < -0.4 is 14.8 Å². The zero-order chi connectivity index (χ0) is 19.8. The molecule has 1 atom stereocenters. The first-order valence-electron chi connectivity index (χ1n) is 10.2. The molecule has 1 aliphatic heterocycles. The lowest BCUT2D eigenvalue weighted by Crippen LogP contribution is -2.32. The molecule has 1 amide bonds. The Kier molecular flexibility index (Phi) is 4.84. The average Bonchev–Trinajstić information content (AvgIpc) is 2.95. The second-order valence-electron chi connectivity index (χ2n) is 7.70. The molecule has 0 unspecified atom stereocenters. The van der Waals surface area contributed by atoms with Crippen molar-refractivity contribution in [1.82, 2.24) is 10.3 Å². The van der Waals surface area contributed by atoms with Crippen LogP contribution in [0.3, 0.4) is 0 Å². The van der Waals surface area contributed by atoms with Crippen LogP contribution in [0.1, 0.15) is 42.1 Å². The Morgan fingerprint density at radius 1 is 1.14 bits per heavy atom. The molecule has 2 aromatic carbocycles. The minimum absolute atomic E-state index is 0.00194. The summed E-state index contributed by atoms with van der Waals surface area (Å²) in [5, 5.41) is 5.09. The Labute approximate surface area is 174 Å². The number of hydrogen-bond donors (Lipinski definition) is 2. The molecule has 3 aromatic rings. The van der Waals surface area contributed by atoms with Gasteiger partial charge in [0.15, 0.2) is 11.5 Å². The summed E-state index contributed by atoms with van der Waals surface area (Å²) in [6, 6.07) is 11.7. The van der Waals surface area contributed by atoms with Crippen LogP contribution in [0.2, 0.25) is 5.02 Å². The predicted molar refractivity (Wildman–Crippen MR) is 113 cm³/mol. The van der Waals surface area contributed by atoms with Gasteiger partial charge in [0.25, 0.3) is 0 Å². The Bertz CT molecular complexity index is 1080. The number of aromatic amines is 1. The Balaban J connectivity index is 1.34. The number of ether oxygens (including phenoxy) is 2. The molecular formula is C23H23ClN2O3. The zero-order valence-electron chi connectivity index (χ0n) is 16.1. The summed E-state index contributed by atoms with van der Waals surface area (Å²) < 4.78 is 11.4. The number of nitrogens with one attached hydrogen (secondary N) is 2. The number of benzene rings is 2. The maximum Gasteiger partial charge on any atom is 0.224 e. The van der Waals surface area contributed by atoms with Gasteiger partial charge in [0.05, 0.1) is 36.2 Å². The van der Waals surface area contributed by atoms with Gasteiger partial charge in [-0.3, -0.25) is 4.79 Å². The number of amides is 1. The molecule has 2 aliphatic rings. The monoisotopic (exact) mass is 410 g/mol. The fraction of sp³-hybridized carbons (Fsp3) is 0.348. The van der Waals surface area contributed by atoms with Gasteiger partial charge in [-0.05, 0) is 48.6 Å². The smallest absolute Gasteiger partial charge is 0.224 e. The molecule has 0 radical (unpaired) electrons. The second-order valence-corrected chi connectivity index (χ2v) is 8.11. The third-order valence-electron chi connectivity index (χ3n) is 5.70. The molecule has 0 fully saturated rings. The van der Waals surface area contributed by atoms with Crippen molar-refractivity contribution in [1.29, 1.82) is 0 Å². The van der Waals surface area contributed by atoms with Crippen LogP contribution in [0, 0.1) is 0 Å². The van der Waals surface area contributed by atoms with Crippen molar-refractivity contribution in [2.45, 2.75) is 38.1 Å². The minimum atomic E-state index is -0.0184. The summed E-state index contributed by atoms with van der Waals surface area (Å²) in [6.45, 7) is 1.29. The van der Waals surface area contributed by atoms with Crippen LogP contribution in [0.5, 0.6) is 11.5 Å². The van der Waals surface area contributed by atoms with E-state index in [1.54, 1.807) is 0 Å². The van der Waals surface area contributed by atoms with Gasteiger partial charge in [0, 0.05) is 17.5 Å². The maximum absolute atomic E-state index is 12.8. The molecule has 0 spiro atoms. The van der Waals surface area contributed by atoms with Crippen molar-refractivity contribution in [2.24, 2.45) is 0 Å². The SMILES string of the molecule is O=C(Cc1ccc2c(c1)OCCCO2)N[C@@H]1CCCc2c1[nH]c1c(Cl)cccc21. The first-order chi connectivity index (χ1) is 14.2. The fourth-order valence-corrected chi connectivity index (χ4v) is 4.57. The van der Waals surface area contributed by atoms with Gasteiger partial charge in [-0.15, -0.1) is 0 Å². The van der Waals surface area contributed by atoms with Crippen LogP contribution in [0.15, 0.2) is 36.4 Å². The standard InChI is InChI=1S/C23H23ClN2O3/c24-17-6-1-4-15-16-5-2-7-18(23(16)26-22(15)17)25-21(27)13-14-8-9-19-20(12-14)29-11-3-10-28-19/h1,4,6,8-9,12,18,26H,2-3,5,7,10-11,13H2,(H,25,27)/t18-/m1/s1. The number of rotatable bonds is 3. The van der Waals surface area contributed by atoms with Crippen LogP contribution in [0.25, 0.3) is 10.9 Å². The molecule has 0 saturated heterocycles. The number of halogens is 1. The average molecular weight is 411 g/mol. The highest BCUT2D eigenvalue weighted by Gasteiger charge is 2.26. The molecule has 5 rings (SSSR count). The molecule has 5 nitrogen and oxygen atoms in total. The molecule has 2 heterocycles. The van der Waals surface area contributed by atoms with E-state index in [1.807, 2.05) is 30.3 Å². The van der Waals surface area contributed by atoms with Gasteiger partial charge in [-0.25, -0.2) is 0 Å². The lowest BCUT2D eigenvalue weighted by atomic mass is 9.91. The summed E-state index contributed by atoms with van der Waals surface area (Å²) in [5.74, 6) is 1.47. The number of fused-ring (bicyclic) bond motifs is 4. The topological polar surface area (TPSA) is 63.4 Å². The van der Waals surface area contributed by atoms with Crippen molar-refractivity contribution in [3.8, 4) is 11.5 Å².